The smallest absolute Gasteiger partial charge is 0.270 e. The minimum atomic E-state index is -0.271. The van der Waals surface area contributed by atoms with E-state index >= 15 is 0 Å². The number of hydrogen-bond acceptors (Lipinski definition) is 6. The van der Waals surface area contributed by atoms with E-state index in [2.05, 4.69) is 20.4 Å². The molecule has 8 heteroatoms. The number of nitrogens with one attached hydrogen (secondary N) is 1. The predicted molar refractivity (Wildman–Crippen MR) is 100 cm³/mol. The second kappa shape index (κ2) is 8.03. The standard InChI is InChI=1S/C19H23N5O3/c1-12(2)17-9-16(23-19-21-11-22-24(17)19)18(25)20-10-13(3)27-15-7-5-14(26-4)6-8-15/h5-9,11-13H,10H2,1-4H3,(H,20,25). The summed E-state index contributed by atoms with van der Waals surface area (Å²) in [4.78, 5) is 20.9. The molecule has 0 saturated heterocycles. The molecule has 1 aromatic carbocycles. The molecule has 0 aliphatic carbocycles. The minimum absolute atomic E-state index is 0.182. The maximum atomic E-state index is 12.5. The van der Waals surface area contributed by atoms with Gasteiger partial charge in [0.25, 0.3) is 11.7 Å². The first-order valence-electron chi connectivity index (χ1n) is 8.77. The van der Waals surface area contributed by atoms with Crippen molar-refractivity contribution in [2.24, 2.45) is 0 Å². The van der Waals surface area contributed by atoms with Crippen molar-refractivity contribution in [2.45, 2.75) is 32.8 Å². The third-order valence-electron chi connectivity index (χ3n) is 4.05. The third-order valence-corrected chi connectivity index (χ3v) is 4.05. The predicted octanol–water partition coefficient (Wildman–Crippen LogP) is 2.45. The van der Waals surface area contributed by atoms with Gasteiger partial charge < -0.3 is 14.8 Å². The van der Waals surface area contributed by atoms with Crippen LogP contribution in [0.4, 0.5) is 0 Å². The van der Waals surface area contributed by atoms with Crippen molar-refractivity contribution in [1.29, 1.82) is 0 Å². The van der Waals surface area contributed by atoms with Gasteiger partial charge in [-0.05, 0) is 43.2 Å². The van der Waals surface area contributed by atoms with Crippen LogP contribution in [-0.2, 0) is 0 Å². The van der Waals surface area contributed by atoms with Crippen molar-refractivity contribution in [3.8, 4) is 11.5 Å². The van der Waals surface area contributed by atoms with Crippen LogP contribution in [0.2, 0.25) is 0 Å². The van der Waals surface area contributed by atoms with E-state index in [4.69, 9.17) is 9.47 Å². The van der Waals surface area contributed by atoms with Gasteiger partial charge in [0.2, 0.25) is 0 Å². The van der Waals surface area contributed by atoms with Gasteiger partial charge in [0.1, 0.15) is 29.6 Å². The lowest BCUT2D eigenvalue weighted by atomic mass is 10.1. The zero-order chi connectivity index (χ0) is 19.4. The third kappa shape index (κ3) is 4.33. The first kappa shape index (κ1) is 18.6. The van der Waals surface area contributed by atoms with E-state index in [1.165, 1.54) is 6.33 Å². The highest BCUT2D eigenvalue weighted by molar-refractivity contribution is 5.92. The van der Waals surface area contributed by atoms with Gasteiger partial charge >= 0.3 is 0 Å². The van der Waals surface area contributed by atoms with Gasteiger partial charge in [-0.2, -0.15) is 10.1 Å². The highest BCUT2D eigenvalue weighted by atomic mass is 16.5. The molecule has 0 spiro atoms. The van der Waals surface area contributed by atoms with Crippen LogP contribution in [0.3, 0.4) is 0 Å². The summed E-state index contributed by atoms with van der Waals surface area (Å²) in [5.74, 6) is 1.80. The summed E-state index contributed by atoms with van der Waals surface area (Å²) in [7, 11) is 1.61. The molecule has 1 unspecified atom stereocenters. The first-order valence-corrected chi connectivity index (χ1v) is 8.77. The lowest BCUT2D eigenvalue weighted by Gasteiger charge is -2.16. The molecule has 3 aromatic rings. The van der Waals surface area contributed by atoms with Gasteiger partial charge in [0, 0.05) is 0 Å². The summed E-state index contributed by atoms with van der Waals surface area (Å²) in [6.07, 6.45) is 1.23. The summed E-state index contributed by atoms with van der Waals surface area (Å²) in [6, 6.07) is 9.05. The van der Waals surface area contributed by atoms with Gasteiger partial charge in [-0.15, -0.1) is 0 Å². The molecular formula is C19H23N5O3. The number of benzene rings is 1. The number of fused-ring (bicyclic) bond motifs is 1. The molecule has 0 aliphatic heterocycles. The fourth-order valence-electron chi connectivity index (χ4n) is 2.62. The second-order valence-corrected chi connectivity index (χ2v) is 6.51. The highest BCUT2D eigenvalue weighted by Crippen LogP contribution is 2.18. The van der Waals surface area contributed by atoms with Gasteiger partial charge in [-0.1, -0.05) is 13.8 Å². The molecular weight excluding hydrogens is 346 g/mol. The van der Waals surface area contributed by atoms with Crippen LogP contribution < -0.4 is 14.8 Å². The number of hydrogen-bond donors (Lipinski definition) is 1. The number of aromatic nitrogens is 4. The van der Waals surface area contributed by atoms with Crippen LogP contribution in [0.15, 0.2) is 36.7 Å². The number of nitrogens with zero attached hydrogens (tertiary/aromatic N) is 4. The fourth-order valence-corrected chi connectivity index (χ4v) is 2.62. The zero-order valence-electron chi connectivity index (χ0n) is 15.8. The number of amides is 1. The molecule has 142 valence electrons. The van der Waals surface area contributed by atoms with E-state index in [9.17, 15) is 4.79 Å². The maximum Gasteiger partial charge on any atom is 0.270 e. The number of carbonyl (C=O) groups is 1. The van der Waals surface area contributed by atoms with E-state index < -0.39 is 0 Å². The van der Waals surface area contributed by atoms with Crippen molar-refractivity contribution in [3.63, 3.8) is 0 Å². The molecule has 1 N–H and O–H groups in total. The van der Waals surface area contributed by atoms with E-state index in [0.717, 1.165) is 11.4 Å². The molecule has 0 aliphatic rings. The Bertz CT molecular complexity index is 921. The summed E-state index contributed by atoms with van der Waals surface area (Å²) in [5.41, 5.74) is 1.20. The number of rotatable bonds is 7. The van der Waals surface area contributed by atoms with Gasteiger partial charge in [0.15, 0.2) is 0 Å². The van der Waals surface area contributed by atoms with Crippen LogP contribution in [0.1, 0.15) is 42.9 Å². The molecule has 3 rings (SSSR count). The van der Waals surface area contributed by atoms with E-state index in [0.29, 0.717) is 23.8 Å². The maximum absolute atomic E-state index is 12.5. The van der Waals surface area contributed by atoms with Crippen molar-refractivity contribution in [1.82, 2.24) is 24.9 Å². The average molecular weight is 369 g/mol. The van der Waals surface area contributed by atoms with Crippen LogP contribution in [-0.4, -0.2) is 45.2 Å². The molecule has 1 amide bonds. The van der Waals surface area contributed by atoms with Crippen molar-refractivity contribution in [2.75, 3.05) is 13.7 Å². The number of ether oxygens (including phenoxy) is 2. The largest absolute Gasteiger partial charge is 0.497 e. The first-order chi connectivity index (χ1) is 13.0. The SMILES string of the molecule is COc1ccc(OC(C)CNC(=O)c2cc(C(C)C)n3ncnc3n2)cc1. The van der Waals surface area contributed by atoms with Crippen molar-refractivity contribution >= 4 is 11.7 Å². The summed E-state index contributed by atoms with van der Waals surface area (Å²) in [6.45, 7) is 6.30. The molecule has 0 saturated carbocycles. The van der Waals surface area contributed by atoms with Gasteiger partial charge in [-0.3, -0.25) is 4.79 Å². The summed E-state index contributed by atoms with van der Waals surface area (Å²) >= 11 is 0. The van der Waals surface area contributed by atoms with Crippen LogP contribution in [0, 0.1) is 0 Å². The highest BCUT2D eigenvalue weighted by Gasteiger charge is 2.16. The Morgan fingerprint density at radius 1 is 1.19 bits per heavy atom. The van der Waals surface area contributed by atoms with E-state index in [1.54, 1.807) is 17.7 Å². The fraction of sp³-hybridized carbons (Fsp3) is 0.368. The lowest BCUT2D eigenvalue weighted by molar-refractivity contribution is 0.0927. The van der Waals surface area contributed by atoms with E-state index in [-0.39, 0.29) is 17.9 Å². The van der Waals surface area contributed by atoms with Gasteiger partial charge in [0.05, 0.1) is 19.3 Å². The molecule has 0 fully saturated rings. The Hall–Kier alpha value is -3.16. The molecule has 0 radical (unpaired) electrons. The Kier molecular flexibility index (Phi) is 5.54. The lowest BCUT2D eigenvalue weighted by Crippen LogP contribution is -2.34. The molecule has 2 heterocycles. The molecule has 0 bridgehead atoms. The van der Waals surface area contributed by atoms with Crippen molar-refractivity contribution < 1.29 is 14.3 Å². The molecule has 2 aromatic heterocycles. The Labute approximate surface area is 157 Å². The molecule has 8 nitrogen and oxygen atoms in total. The van der Waals surface area contributed by atoms with Crippen LogP contribution in [0.25, 0.3) is 5.78 Å². The quantitative estimate of drug-likeness (QED) is 0.688. The number of methoxy groups -OCH3 is 1. The van der Waals surface area contributed by atoms with Crippen molar-refractivity contribution in [3.05, 3.63) is 48.0 Å². The summed E-state index contributed by atoms with van der Waals surface area (Å²) < 4.78 is 12.6. The zero-order valence-corrected chi connectivity index (χ0v) is 15.8. The molecule has 1 atom stereocenters. The summed E-state index contributed by atoms with van der Waals surface area (Å²) in [5, 5.41) is 7.01. The monoisotopic (exact) mass is 369 g/mol. The minimum Gasteiger partial charge on any atom is -0.497 e. The topological polar surface area (TPSA) is 90.6 Å². The van der Waals surface area contributed by atoms with Gasteiger partial charge in [-0.25, -0.2) is 9.50 Å². The Balaban J connectivity index is 1.63. The normalized spacial score (nSPS) is 12.2. The number of carbonyl (C=O) groups excluding carboxylic acids is 1. The van der Waals surface area contributed by atoms with Crippen LogP contribution in [0.5, 0.6) is 11.5 Å². The Morgan fingerprint density at radius 3 is 2.56 bits per heavy atom. The molecule has 27 heavy (non-hydrogen) atoms. The van der Waals surface area contributed by atoms with E-state index in [1.807, 2.05) is 45.0 Å². The average Bonchev–Trinajstić information content (AvgIpc) is 3.14. The Morgan fingerprint density at radius 2 is 1.89 bits per heavy atom. The second-order valence-electron chi connectivity index (χ2n) is 6.51. The van der Waals surface area contributed by atoms with Crippen LogP contribution >= 0.6 is 0 Å².